The van der Waals surface area contributed by atoms with Crippen molar-refractivity contribution in [2.75, 3.05) is 65.5 Å². The SMILES string of the molecule is CC1COCCN1c1nc(-c2ccc(N)nc2)nc2c(N3CCCC3)cc(-c3cccc(NS(=O)(=O)CCCF)c3F)cc12. The molecule has 232 valence electrons. The second kappa shape index (κ2) is 12.5. The number of hydrogen-bond acceptors (Lipinski definition) is 9. The van der Waals surface area contributed by atoms with Crippen molar-refractivity contribution in [2.45, 2.75) is 32.2 Å². The number of pyridine rings is 1. The number of alkyl halides is 1. The normalized spacial score (nSPS) is 17.4. The van der Waals surface area contributed by atoms with Crippen LogP contribution in [0.25, 0.3) is 33.4 Å². The quantitative estimate of drug-likeness (QED) is 0.265. The van der Waals surface area contributed by atoms with Gasteiger partial charge in [0.2, 0.25) is 10.0 Å². The van der Waals surface area contributed by atoms with Gasteiger partial charge in [-0.1, -0.05) is 12.1 Å². The third-order valence-electron chi connectivity index (χ3n) is 8.01. The number of rotatable bonds is 9. The summed E-state index contributed by atoms with van der Waals surface area (Å²) < 4.78 is 61.7. The molecule has 3 N–H and O–H groups in total. The Balaban J connectivity index is 1.56. The molecule has 6 rings (SSSR count). The number of nitrogens with one attached hydrogen (secondary N) is 1. The van der Waals surface area contributed by atoms with E-state index < -0.39 is 28.3 Å². The zero-order chi connectivity index (χ0) is 30.8. The summed E-state index contributed by atoms with van der Waals surface area (Å²) in [6.07, 6.45) is 3.52. The topological polar surface area (TPSA) is 127 Å². The lowest BCUT2D eigenvalue weighted by Gasteiger charge is -2.35. The van der Waals surface area contributed by atoms with Gasteiger partial charge in [-0.2, -0.15) is 0 Å². The number of fused-ring (bicyclic) bond motifs is 1. The van der Waals surface area contributed by atoms with Crippen LogP contribution in [-0.4, -0.2) is 74.7 Å². The first-order valence-electron chi connectivity index (χ1n) is 14.8. The molecule has 4 aromatic rings. The number of morpholine rings is 1. The molecule has 2 saturated heterocycles. The van der Waals surface area contributed by atoms with Crippen molar-refractivity contribution in [1.29, 1.82) is 0 Å². The molecule has 44 heavy (non-hydrogen) atoms. The number of aromatic nitrogens is 3. The number of hydrogen-bond donors (Lipinski definition) is 2. The van der Waals surface area contributed by atoms with Gasteiger partial charge in [0, 0.05) is 42.3 Å². The van der Waals surface area contributed by atoms with Crippen molar-refractivity contribution in [2.24, 2.45) is 0 Å². The Bertz CT molecular complexity index is 1770. The summed E-state index contributed by atoms with van der Waals surface area (Å²) in [5.74, 6) is 0.445. The zero-order valence-electron chi connectivity index (χ0n) is 24.5. The molecule has 2 aliphatic heterocycles. The van der Waals surface area contributed by atoms with Crippen molar-refractivity contribution in [3.63, 3.8) is 0 Å². The Morgan fingerprint density at radius 3 is 2.64 bits per heavy atom. The minimum absolute atomic E-state index is 0.0249. The molecular formula is C31H35F2N7O3S. The molecule has 2 aromatic carbocycles. The summed E-state index contributed by atoms with van der Waals surface area (Å²) in [5.41, 5.74) is 8.76. The third kappa shape index (κ3) is 6.11. The molecule has 0 amide bonds. The summed E-state index contributed by atoms with van der Waals surface area (Å²) in [6.45, 7) is 4.61. The van der Waals surface area contributed by atoms with Gasteiger partial charge < -0.3 is 20.3 Å². The van der Waals surface area contributed by atoms with E-state index in [0.29, 0.717) is 42.8 Å². The van der Waals surface area contributed by atoms with Gasteiger partial charge in [0.25, 0.3) is 0 Å². The highest BCUT2D eigenvalue weighted by molar-refractivity contribution is 7.92. The van der Waals surface area contributed by atoms with Crippen molar-refractivity contribution < 1.29 is 21.9 Å². The van der Waals surface area contributed by atoms with Crippen LogP contribution < -0.4 is 20.3 Å². The number of halogens is 2. The maximum absolute atomic E-state index is 16.1. The molecule has 13 heteroatoms. The van der Waals surface area contributed by atoms with Gasteiger partial charge in [0.15, 0.2) is 11.6 Å². The lowest BCUT2D eigenvalue weighted by atomic mass is 9.99. The van der Waals surface area contributed by atoms with Gasteiger partial charge >= 0.3 is 0 Å². The van der Waals surface area contributed by atoms with Crippen molar-refractivity contribution in [3.05, 3.63) is 54.5 Å². The molecule has 0 aliphatic carbocycles. The van der Waals surface area contributed by atoms with Gasteiger partial charge in [0.05, 0.1) is 48.6 Å². The second-order valence-corrected chi connectivity index (χ2v) is 13.0. The van der Waals surface area contributed by atoms with Crippen LogP contribution in [0.4, 0.5) is 31.8 Å². The lowest BCUT2D eigenvalue weighted by molar-refractivity contribution is 0.0987. The molecule has 2 fully saturated rings. The van der Waals surface area contributed by atoms with E-state index in [9.17, 15) is 12.8 Å². The van der Waals surface area contributed by atoms with Crippen molar-refractivity contribution >= 4 is 43.9 Å². The molecule has 0 spiro atoms. The van der Waals surface area contributed by atoms with Crippen molar-refractivity contribution in [3.8, 4) is 22.5 Å². The first-order valence-corrected chi connectivity index (χ1v) is 16.4. The fourth-order valence-corrected chi connectivity index (χ4v) is 6.86. The number of benzene rings is 2. The zero-order valence-corrected chi connectivity index (χ0v) is 25.3. The number of nitrogens with two attached hydrogens (primary N) is 1. The Labute approximate surface area is 255 Å². The number of sulfonamides is 1. The maximum atomic E-state index is 16.1. The van der Waals surface area contributed by atoms with E-state index in [4.69, 9.17) is 20.4 Å². The predicted molar refractivity (Wildman–Crippen MR) is 170 cm³/mol. The van der Waals surface area contributed by atoms with Gasteiger partial charge in [0.1, 0.15) is 11.6 Å². The summed E-state index contributed by atoms with van der Waals surface area (Å²) in [7, 11) is -3.93. The fraction of sp³-hybridized carbons (Fsp3) is 0.387. The minimum atomic E-state index is -3.93. The first-order chi connectivity index (χ1) is 21.2. The van der Waals surface area contributed by atoms with Crippen LogP contribution in [0.1, 0.15) is 26.2 Å². The Morgan fingerprint density at radius 2 is 1.91 bits per heavy atom. The van der Waals surface area contributed by atoms with Crippen LogP contribution in [0.3, 0.4) is 0 Å². The van der Waals surface area contributed by atoms with E-state index in [1.807, 2.05) is 18.2 Å². The van der Waals surface area contributed by atoms with Crippen LogP contribution in [0.2, 0.25) is 0 Å². The smallest absolute Gasteiger partial charge is 0.232 e. The summed E-state index contributed by atoms with van der Waals surface area (Å²) in [4.78, 5) is 18.8. The maximum Gasteiger partial charge on any atom is 0.232 e. The monoisotopic (exact) mass is 623 g/mol. The Kier molecular flexibility index (Phi) is 8.50. The molecule has 1 atom stereocenters. The minimum Gasteiger partial charge on any atom is -0.384 e. The highest BCUT2D eigenvalue weighted by Gasteiger charge is 2.27. The van der Waals surface area contributed by atoms with E-state index in [2.05, 4.69) is 26.4 Å². The molecule has 10 nitrogen and oxygen atoms in total. The molecular weight excluding hydrogens is 588 g/mol. The van der Waals surface area contributed by atoms with Crippen LogP contribution in [0.5, 0.6) is 0 Å². The van der Waals surface area contributed by atoms with Gasteiger partial charge in [-0.3, -0.25) is 9.11 Å². The van der Waals surface area contributed by atoms with E-state index >= 15 is 4.39 Å². The molecule has 4 heterocycles. The Hall–Kier alpha value is -4.10. The summed E-state index contributed by atoms with van der Waals surface area (Å²) in [6, 6.07) is 12.0. The molecule has 0 radical (unpaired) electrons. The molecule has 0 bridgehead atoms. The second-order valence-electron chi connectivity index (χ2n) is 11.2. The van der Waals surface area contributed by atoms with Crippen LogP contribution in [-0.2, 0) is 14.8 Å². The third-order valence-corrected chi connectivity index (χ3v) is 9.37. The number of nitrogen functional groups attached to an aromatic ring is 1. The van der Waals surface area contributed by atoms with E-state index in [1.165, 1.54) is 6.07 Å². The van der Waals surface area contributed by atoms with Crippen LogP contribution >= 0.6 is 0 Å². The highest BCUT2D eigenvalue weighted by atomic mass is 32.2. The standard InChI is InChI=1S/C31H35F2N7O3S/c1-20-19-43-14-13-40(20)31-24-16-22(23-6-4-7-25(28(23)33)38-44(41,42)15-5-10-32)17-26(39-11-2-3-12-39)29(24)36-30(37-31)21-8-9-27(34)35-18-21/h4,6-9,16-18,20,38H,2-3,5,10-15,19H2,1H3,(H2,34,35). The number of anilines is 4. The van der Waals surface area contributed by atoms with E-state index in [0.717, 1.165) is 48.1 Å². The Morgan fingerprint density at radius 1 is 1.09 bits per heavy atom. The molecule has 2 aliphatic rings. The number of nitrogens with zero attached hydrogens (tertiary/aromatic N) is 5. The van der Waals surface area contributed by atoms with Crippen LogP contribution in [0.15, 0.2) is 48.7 Å². The lowest BCUT2D eigenvalue weighted by Crippen LogP contribution is -2.44. The van der Waals surface area contributed by atoms with E-state index in [1.54, 1.807) is 24.4 Å². The largest absolute Gasteiger partial charge is 0.384 e. The first kappa shape index (κ1) is 29.9. The van der Waals surface area contributed by atoms with E-state index in [-0.39, 0.29) is 23.7 Å². The predicted octanol–water partition coefficient (Wildman–Crippen LogP) is 5.01. The average molecular weight is 624 g/mol. The van der Waals surface area contributed by atoms with Gasteiger partial charge in [-0.05, 0) is 62.1 Å². The molecule has 0 saturated carbocycles. The van der Waals surface area contributed by atoms with Gasteiger partial charge in [-0.15, -0.1) is 0 Å². The van der Waals surface area contributed by atoms with Crippen LogP contribution in [0, 0.1) is 5.82 Å². The molecule has 2 aromatic heterocycles. The molecule has 1 unspecified atom stereocenters. The number of ether oxygens (including phenoxy) is 1. The average Bonchev–Trinajstić information content (AvgIpc) is 3.56. The fourth-order valence-electron chi connectivity index (χ4n) is 5.78. The highest BCUT2D eigenvalue weighted by Crippen LogP contribution is 2.40. The van der Waals surface area contributed by atoms with Gasteiger partial charge in [-0.25, -0.2) is 27.8 Å². The summed E-state index contributed by atoms with van der Waals surface area (Å²) in [5, 5.41) is 0.749. The summed E-state index contributed by atoms with van der Waals surface area (Å²) >= 11 is 0. The van der Waals surface area contributed by atoms with Crippen molar-refractivity contribution in [1.82, 2.24) is 15.0 Å².